The summed E-state index contributed by atoms with van der Waals surface area (Å²) in [5.74, 6) is 1.11. The molecular weight excluding hydrogens is 237 g/mol. The lowest BCUT2D eigenvalue weighted by Crippen LogP contribution is -2.33. The van der Waals surface area contributed by atoms with E-state index in [0.29, 0.717) is 6.54 Å². The van der Waals surface area contributed by atoms with Gasteiger partial charge in [0.2, 0.25) is 0 Å². The van der Waals surface area contributed by atoms with Crippen molar-refractivity contribution in [1.29, 1.82) is 0 Å². The molecule has 0 fully saturated rings. The van der Waals surface area contributed by atoms with E-state index in [1.165, 1.54) is 17.0 Å². The smallest absolute Gasteiger partial charge is 0.317 e. The van der Waals surface area contributed by atoms with E-state index < -0.39 is 11.8 Å². The maximum Gasteiger partial charge on any atom is 0.317 e. The molecule has 1 aromatic rings. The number of ether oxygens (including phenoxy) is 1. The maximum atomic E-state index is 13.2. The topological polar surface area (TPSA) is 49.8 Å². The van der Waals surface area contributed by atoms with Crippen LogP contribution >= 0.6 is 0 Å². The van der Waals surface area contributed by atoms with Crippen LogP contribution in [0.25, 0.3) is 0 Å². The van der Waals surface area contributed by atoms with E-state index in [2.05, 4.69) is 5.92 Å². The van der Waals surface area contributed by atoms with Gasteiger partial charge < -0.3 is 9.84 Å². The molecule has 0 amide bonds. The molecule has 96 valence electrons. The van der Waals surface area contributed by atoms with Gasteiger partial charge in [0.1, 0.15) is 6.61 Å². The number of carboxylic acid groups (broad SMARTS) is 1. The van der Waals surface area contributed by atoms with Gasteiger partial charge in [-0.2, -0.15) is 0 Å². The summed E-state index contributed by atoms with van der Waals surface area (Å²) in [5, 5.41) is 8.66. The molecule has 0 aliphatic heterocycles. The van der Waals surface area contributed by atoms with Crippen molar-refractivity contribution in [1.82, 2.24) is 4.90 Å². The number of terminal acetylenes is 1. The molecule has 5 heteroatoms. The summed E-state index contributed by atoms with van der Waals surface area (Å²) in [7, 11) is 0. The van der Waals surface area contributed by atoms with Gasteiger partial charge in [-0.25, -0.2) is 4.39 Å². The lowest BCUT2D eigenvalue weighted by molar-refractivity contribution is -0.138. The number of rotatable bonds is 7. The largest absolute Gasteiger partial charge is 0.489 e. The van der Waals surface area contributed by atoms with Gasteiger partial charge in [-0.1, -0.05) is 18.1 Å². The second-order valence-electron chi connectivity index (χ2n) is 3.59. The van der Waals surface area contributed by atoms with E-state index in [1.54, 1.807) is 12.1 Å². The Bertz CT molecular complexity index is 442. The molecule has 1 aromatic carbocycles. The van der Waals surface area contributed by atoms with Crippen LogP contribution in [0.1, 0.15) is 0 Å². The molecule has 0 atom stereocenters. The highest BCUT2D eigenvalue weighted by Crippen LogP contribution is 2.14. The number of hydrogen-bond donors (Lipinski definition) is 1. The Kier molecular flexibility index (Phi) is 5.68. The number of carboxylic acids is 1. The van der Waals surface area contributed by atoms with Crippen LogP contribution in [0.4, 0.5) is 4.39 Å². The minimum absolute atomic E-state index is 0.147. The van der Waals surface area contributed by atoms with Crippen molar-refractivity contribution < 1.29 is 19.0 Å². The molecule has 0 heterocycles. The van der Waals surface area contributed by atoms with E-state index in [0.717, 1.165) is 0 Å². The summed E-state index contributed by atoms with van der Waals surface area (Å²) < 4.78 is 18.4. The molecule has 0 radical (unpaired) electrons. The highest BCUT2D eigenvalue weighted by Gasteiger charge is 2.09. The third kappa shape index (κ3) is 4.85. The molecule has 0 bridgehead atoms. The zero-order valence-corrected chi connectivity index (χ0v) is 9.80. The highest BCUT2D eigenvalue weighted by molar-refractivity contribution is 5.69. The molecule has 1 rings (SSSR count). The van der Waals surface area contributed by atoms with Gasteiger partial charge in [0, 0.05) is 6.54 Å². The molecule has 1 N–H and O–H groups in total. The first kappa shape index (κ1) is 14.0. The Morgan fingerprint density at radius 1 is 1.50 bits per heavy atom. The Labute approximate surface area is 105 Å². The van der Waals surface area contributed by atoms with Crippen molar-refractivity contribution in [2.75, 3.05) is 26.2 Å². The summed E-state index contributed by atoms with van der Waals surface area (Å²) >= 11 is 0. The zero-order chi connectivity index (χ0) is 13.4. The van der Waals surface area contributed by atoms with Gasteiger partial charge in [0.05, 0.1) is 13.1 Å². The van der Waals surface area contributed by atoms with E-state index in [1.807, 2.05) is 0 Å². The standard InChI is InChI=1S/C13H14FNO3/c1-2-7-15(10-13(16)17)8-9-18-12-6-4-3-5-11(12)14/h1,3-6H,7-10H2,(H,16,17). The molecule has 0 saturated carbocycles. The number of para-hydroxylation sites is 1. The normalized spacial score (nSPS) is 10.1. The molecule has 4 nitrogen and oxygen atoms in total. The van der Waals surface area contributed by atoms with Crippen LogP contribution in [0.3, 0.4) is 0 Å². The molecule has 0 unspecified atom stereocenters. The zero-order valence-electron chi connectivity index (χ0n) is 9.80. The van der Waals surface area contributed by atoms with Gasteiger partial charge in [-0.3, -0.25) is 9.69 Å². The van der Waals surface area contributed by atoms with Gasteiger partial charge in [0.25, 0.3) is 0 Å². The third-order valence-corrected chi connectivity index (χ3v) is 2.18. The summed E-state index contributed by atoms with van der Waals surface area (Å²) in [6.07, 6.45) is 5.13. The minimum atomic E-state index is -0.962. The average molecular weight is 251 g/mol. The first-order valence-electron chi connectivity index (χ1n) is 5.38. The highest BCUT2D eigenvalue weighted by atomic mass is 19.1. The number of aliphatic carboxylic acids is 1. The van der Waals surface area contributed by atoms with Crippen molar-refractivity contribution in [2.24, 2.45) is 0 Å². The van der Waals surface area contributed by atoms with Crippen LogP contribution < -0.4 is 4.74 Å². The van der Waals surface area contributed by atoms with Crippen molar-refractivity contribution in [3.05, 3.63) is 30.1 Å². The molecule has 0 aliphatic carbocycles. The fourth-order valence-electron chi connectivity index (χ4n) is 1.38. The number of hydrogen-bond acceptors (Lipinski definition) is 3. The van der Waals surface area contributed by atoms with E-state index in [9.17, 15) is 9.18 Å². The minimum Gasteiger partial charge on any atom is -0.489 e. The predicted octanol–water partition coefficient (Wildman–Crippen LogP) is 1.22. The summed E-state index contributed by atoms with van der Waals surface area (Å²) in [4.78, 5) is 12.1. The van der Waals surface area contributed by atoms with Crippen LogP contribution in [0.5, 0.6) is 5.75 Å². The predicted molar refractivity (Wildman–Crippen MR) is 64.8 cm³/mol. The van der Waals surface area contributed by atoms with Crippen molar-refractivity contribution in [3.8, 4) is 18.1 Å². The first-order chi connectivity index (χ1) is 8.63. The third-order valence-electron chi connectivity index (χ3n) is 2.18. The van der Waals surface area contributed by atoms with Crippen LogP contribution in [0.2, 0.25) is 0 Å². The van der Waals surface area contributed by atoms with Crippen LogP contribution in [-0.2, 0) is 4.79 Å². The monoisotopic (exact) mass is 251 g/mol. The van der Waals surface area contributed by atoms with Crippen molar-refractivity contribution in [3.63, 3.8) is 0 Å². The first-order valence-corrected chi connectivity index (χ1v) is 5.38. The average Bonchev–Trinajstić information content (AvgIpc) is 2.31. The molecule has 18 heavy (non-hydrogen) atoms. The number of benzene rings is 1. The Morgan fingerprint density at radius 2 is 2.22 bits per heavy atom. The molecule has 0 aliphatic rings. The molecule has 0 spiro atoms. The fourth-order valence-corrected chi connectivity index (χ4v) is 1.38. The van der Waals surface area contributed by atoms with Crippen LogP contribution in [0.15, 0.2) is 24.3 Å². The van der Waals surface area contributed by atoms with E-state index in [-0.39, 0.29) is 25.4 Å². The number of carbonyl (C=O) groups is 1. The van der Waals surface area contributed by atoms with Crippen molar-refractivity contribution >= 4 is 5.97 Å². The maximum absolute atomic E-state index is 13.2. The lowest BCUT2D eigenvalue weighted by atomic mass is 10.3. The number of nitrogens with zero attached hydrogens (tertiary/aromatic N) is 1. The summed E-state index contributed by atoms with van der Waals surface area (Å²) in [6, 6.07) is 6.04. The van der Waals surface area contributed by atoms with Gasteiger partial charge in [-0.15, -0.1) is 6.42 Å². The lowest BCUT2D eigenvalue weighted by Gasteiger charge is -2.17. The quantitative estimate of drug-likeness (QED) is 0.740. The summed E-state index contributed by atoms with van der Waals surface area (Å²) in [5.41, 5.74) is 0. The second kappa shape index (κ2) is 7.30. The number of halogens is 1. The van der Waals surface area contributed by atoms with Crippen LogP contribution in [-0.4, -0.2) is 42.2 Å². The summed E-state index contributed by atoms with van der Waals surface area (Å²) in [6.45, 7) is 0.554. The Balaban J connectivity index is 2.41. The van der Waals surface area contributed by atoms with E-state index >= 15 is 0 Å². The van der Waals surface area contributed by atoms with Gasteiger partial charge in [0.15, 0.2) is 11.6 Å². The van der Waals surface area contributed by atoms with Crippen LogP contribution in [0, 0.1) is 18.2 Å². The Hall–Kier alpha value is -2.06. The molecule has 0 saturated heterocycles. The molecule has 0 aromatic heterocycles. The second-order valence-corrected chi connectivity index (χ2v) is 3.59. The SMILES string of the molecule is C#CCN(CCOc1ccccc1F)CC(=O)O. The Morgan fingerprint density at radius 3 is 2.83 bits per heavy atom. The van der Waals surface area contributed by atoms with Gasteiger partial charge in [-0.05, 0) is 12.1 Å². The van der Waals surface area contributed by atoms with E-state index in [4.69, 9.17) is 16.3 Å². The fraction of sp³-hybridized carbons (Fsp3) is 0.308. The molecular formula is C13H14FNO3. The van der Waals surface area contributed by atoms with Crippen molar-refractivity contribution in [2.45, 2.75) is 0 Å². The van der Waals surface area contributed by atoms with Gasteiger partial charge >= 0.3 is 5.97 Å².